The Kier molecular flexibility index (Phi) is 8.42. The minimum absolute atomic E-state index is 0. The highest BCUT2D eigenvalue weighted by molar-refractivity contribution is 14.0. The van der Waals surface area contributed by atoms with Gasteiger partial charge in [-0.05, 0) is 55.2 Å². The number of rotatable bonds is 5. The van der Waals surface area contributed by atoms with Crippen LogP contribution in [0.15, 0.2) is 53.5 Å². The zero-order valence-corrected chi connectivity index (χ0v) is 18.1. The highest BCUT2D eigenvalue weighted by atomic mass is 127. The summed E-state index contributed by atoms with van der Waals surface area (Å²) in [5.74, 6) is -0.0954. The number of para-hydroxylation sites is 1. The number of alkyl halides is 3. The molecule has 29 heavy (non-hydrogen) atoms. The number of halogens is 4. The normalized spacial score (nSPS) is 14.9. The van der Waals surface area contributed by atoms with E-state index in [1.165, 1.54) is 49.2 Å². The molecule has 0 amide bonds. The Bertz CT molecular complexity index is 806. The van der Waals surface area contributed by atoms with Crippen LogP contribution in [0.5, 0.6) is 5.75 Å². The SMILES string of the molecule is I.NC(=NCc1ccccc1N1CCCCC1)Nc1ccc(OC(F)(F)F)cc1. The predicted molar refractivity (Wildman–Crippen MR) is 120 cm³/mol. The Hall–Kier alpha value is -2.17. The van der Waals surface area contributed by atoms with Crippen LogP contribution in [0.3, 0.4) is 0 Å². The molecule has 1 aliphatic rings. The average Bonchev–Trinajstić information content (AvgIpc) is 2.68. The van der Waals surface area contributed by atoms with Crippen LogP contribution in [-0.4, -0.2) is 25.4 Å². The molecule has 0 atom stereocenters. The van der Waals surface area contributed by atoms with E-state index in [1.807, 2.05) is 18.2 Å². The summed E-state index contributed by atoms with van der Waals surface area (Å²) in [5, 5.41) is 2.88. The minimum atomic E-state index is -4.71. The first-order valence-electron chi connectivity index (χ1n) is 9.16. The average molecular weight is 520 g/mol. The van der Waals surface area contributed by atoms with E-state index >= 15 is 0 Å². The molecule has 158 valence electrons. The van der Waals surface area contributed by atoms with Crippen molar-refractivity contribution in [2.24, 2.45) is 10.7 Å². The van der Waals surface area contributed by atoms with Gasteiger partial charge < -0.3 is 20.7 Å². The van der Waals surface area contributed by atoms with E-state index in [-0.39, 0.29) is 35.7 Å². The molecule has 2 aromatic carbocycles. The molecule has 2 aromatic rings. The van der Waals surface area contributed by atoms with Crippen molar-refractivity contribution in [2.75, 3.05) is 23.3 Å². The molecular formula is C20H24F3IN4O. The molecule has 0 radical (unpaired) electrons. The molecule has 1 fully saturated rings. The van der Waals surface area contributed by atoms with Crippen molar-refractivity contribution in [1.82, 2.24) is 0 Å². The number of nitrogens with zero attached hydrogens (tertiary/aromatic N) is 2. The first-order valence-corrected chi connectivity index (χ1v) is 9.16. The lowest BCUT2D eigenvalue weighted by atomic mass is 10.1. The van der Waals surface area contributed by atoms with Crippen LogP contribution in [0.4, 0.5) is 24.5 Å². The number of ether oxygens (including phenoxy) is 1. The molecule has 3 N–H and O–H groups in total. The fraction of sp³-hybridized carbons (Fsp3) is 0.350. The molecule has 0 unspecified atom stereocenters. The van der Waals surface area contributed by atoms with Gasteiger partial charge >= 0.3 is 6.36 Å². The van der Waals surface area contributed by atoms with E-state index in [2.05, 4.69) is 26.0 Å². The summed E-state index contributed by atoms with van der Waals surface area (Å²) < 4.78 is 40.4. The van der Waals surface area contributed by atoms with Gasteiger partial charge in [-0.2, -0.15) is 0 Å². The third-order valence-electron chi connectivity index (χ3n) is 4.47. The summed E-state index contributed by atoms with van der Waals surface area (Å²) in [6.07, 6.45) is -1.07. The molecule has 3 rings (SSSR count). The Labute approximate surface area is 185 Å². The number of aliphatic imine (C=N–C) groups is 1. The van der Waals surface area contributed by atoms with Gasteiger partial charge in [0.05, 0.1) is 6.54 Å². The van der Waals surface area contributed by atoms with Gasteiger partial charge in [-0.3, -0.25) is 0 Å². The maximum atomic E-state index is 12.2. The van der Waals surface area contributed by atoms with E-state index < -0.39 is 6.36 Å². The van der Waals surface area contributed by atoms with E-state index in [0.717, 1.165) is 18.7 Å². The van der Waals surface area contributed by atoms with Gasteiger partial charge in [0.2, 0.25) is 0 Å². The highest BCUT2D eigenvalue weighted by Gasteiger charge is 2.30. The molecule has 0 spiro atoms. The van der Waals surface area contributed by atoms with Gasteiger partial charge in [0.15, 0.2) is 5.96 Å². The van der Waals surface area contributed by atoms with Gasteiger partial charge in [0, 0.05) is 24.5 Å². The zero-order chi connectivity index (χ0) is 20.0. The molecule has 5 nitrogen and oxygen atoms in total. The quantitative estimate of drug-likeness (QED) is 0.327. The zero-order valence-electron chi connectivity index (χ0n) is 15.8. The number of guanidine groups is 1. The Balaban J connectivity index is 0.00000300. The predicted octanol–water partition coefficient (Wildman–Crippen LogP) is 5.12. The Morgan fingerprint density at radius 2 is 1.69 bits per heavy atom. The van der Waals surface area contributed by atoms with E-state index in [1.54, 1.807) is 0 Å². The fourth-order valence-electron chi connectivity index (χ4n) is 3.19. The summed E-state index contributed by atoms with van der Waals surface area (Å²) in [7, 11) is 0. The summed E-state index contributed by atoms with van der Waals surface area (Å²) in [4.78, 5) is 6.74. The van der Waals surface area contributed by atoms with Crippen molar-refractivity contribution < 1.29 is 17.9 Å². The van der Waals surface area contributed by atoms with Crippen molar-refractivity contribution in [2.45, 2.75) is 32.2 Å². The molecule has 1 saturated heterocycles. The second-order valence-corrected chi connectivity index (χ2v) is 6.58. The van der Waals surface area contributed by atoms with Gasteiger partial charge in [-0.15, -0.1) is 37.1 Å². The van der Waals surface area contributed by atoms with Crippen LogP contribution < -0.4 is 20.7 Å². The van der Waals surface area contributed by atoms with Crippen LogP contribution >= 0.6 is 24.0 Å². The second-order valence-electron chi connectivity index (χ2n) is 6.58. The number of piperidine rings is 1. The largest absolute Gasteiger partial charge is 0.573 e. The minimum Gasteiger partial charge on any atom is -0.406 e. The molecule has 0 aliphatic carbocycles. The third kappa shape index (κ3) is 7.30. The Morgan fingerprint density at radius 1 is 1.03 bits per heavy atom. The number of nitrogens with one attached hydrogen (secondary N) is 1. The smallest absolute Gasteiger partial charge is 0.406 e. The van der Waals surface area contributed by atoms with Crippen molar-refractivity contribution in [3.8, 4) is 5.75 Å². The molecule has 9 heteroatoms. The maximum absolute atomic E-state index is 12.2. The van der Waals surface area contributed by atoms with E-state index in [9.17, 15) is 13.2 Å². The van der Waals surface area contributed by atoms with Crippen molar-refractivity contribution in [3.63, 3.8) is 0 Å². The lowest BCUT2D eigenvalue weighted by molar-refractivity contribution is -0.274. The number of benzene rings is 2. The number of hydrogen-bond donors (Lipinski definition) is 2. The number of nitrogens with two attached hydrogens (primary N) is 1. The van der Waals surface area contributed by atoms with Crippen LogP contribution in [0.2, 0.25) is 0 Å². The Morgan fingerprint density at radius 3 is 2.34 bits per heavy atom. The third-order valence-corrected chi connectivity index (χ3v) is 4.47. The topological polar surface area (TPSA) is 62.9 Å². The standard InChI is InChI=1S/C20H23F3N4O.HI/c21-20(22,23)28-17-10-8-16(9-11-17)26-19(24)25-14-15-6-2-3-7-18(15)27-12-4-1-5-13-27;/h2-3,6-11H,1,4-5,12-14H2,(H3,24,25,26);1H. The van der Waals surface area contributed by atoms with E-state index in [0.29, 0.717) is 12.2 Å². The maximum Gasteiger partial charge on any atom is 0.573 e. The fourth-order valence-corrected chi connectivity index (χ4v) is 3.19. The lowest BCUT2D eigenvalue weighted by Gasteiger charge is -2.30. The monoisotopic (exact) mass is 520 g/mol. The van der Waals surface area contributed by atoms with Crippen LogP contribution in [0.1, 0.15) is 24.8 Å². The van der Waals surface area contributed by atoms with Crippen LogP contribution in [-0.2, 0) is 6.54 Å². The summed E-state index contributed by atoms with van der Waals surface area (Å²) in [6, 6.07) is 13.5. The van der Waals surface area contributed by atoms with Gasteiger partial charge in [0.1, 0.15) is 5.75 Å². The number of anilines is 2. The van der Waals surface area contributed by atoms with Gasteiger partial charge in [0.25, 0.3) is 0 Å². The molecule has 1 aliphatic heterocycles. The van der Waals surface area contributed by atoms with Crippen molar-refractivity contribution >= 4 is 41.3 Å². The lowest BCUT2D eigenvalue weighted by Crippen LogP contribution is -2.30. The van der Waals surface area contributed by atoms with Crippen LogP contribution in [0.25, 0.3) is 0 Å². The van der Waals surface area contributed by atoms with Gasteiger partial charge in [-0.25, -0.2) is 4.99 Å². The molecule has 1 heterocycles. The summed E-state index contributed by atoms with van der Waals surface area (Å²) in [5.41, 5.74) is 8.72. The van der Waals surface area contributed by atoms with Gasteiger partial charge in [-0.1, -0.05) is 18.2 Å². The molecular weight excluding hydrogens is 496 g/mol. The van der Waals surface area contributed by atoms with Crippen molar-refractivity contribution in [1.29, 1.82) is 0 Å². The van der Waals surface area contributed by atoms with Crippen LogP contribution in [0, 0.1) is 0 Å². The molecule has 0 saturated carbocycles. The molecule has 0 aromatic heterocycles. The first-order chi connectivity index (χ1) is 13.4. The van der Waals surface area contributed by atoms with Crippen molar-refractivity contribution in [3.05, 3.63) is 54.1 Å². The first kappa shape index (κ1) is 23.1. The highest BCUT2D eigenvalue weighted by Crippen LogP contribution is 2.25. The summed E-state index contributed by atoms with van der Waals surface area (Å²) in [6.45, 7) is 2.50. The molecule has 0 bridgehead atoms. The number of hydrogen-bond acceptors (Lipinski definition) is 3. The van der Waals surface area contributed by atoms with E-state index in [4.69, 9.17) is 5.73 Å². The second kappa shape index (κ2) is 10.6. The summed E-state index contributed by atoms with van der Waals surface area (Å²) >= 11 is 0.